The van der Waals surface area contributed by atoms with E-state index in [4.69, 9.17) is 4.74 Å². The number of nitrogens with one attached hydrogen (secondary N) is 3. The number of halogens is 1. The summed E-state index contributed by atoms with van der Waals surface area (Å²) in [5.41, 5.74) is 5.89. The molecule has 0 unspecified atom stereocenters. The number of carbonyl (C=O) groups excluding carboxylic acids is 3. The third-order valence-electron chi connectivity index (χ3n) is 5.53. The Morgan fingerprint density at radius 3 is 2.28 bits per heavy atom. The maximum absolute atomic E-state index is 12.8. The molecule has 0 aliphatic heterocycles. The molecule has 39 heavy (non-hydrogen) atoms. The second kappa shape index (κ2) is 13.2. The Hall–Kier alpha value is -4.76. The molecule has 0 atom stereocenters. The van der Waals surface area contributed by atoms with Gasteiger partial charge in [-0.3, -0.25) is 14.4 Å². The number of para-hydroxylation sites is 2. The number of anilines is 2. The quantitative estimate of drug-likeness (QED) is 0.141. The molecule has 9 heteroatoms. The zero-order valence-corrected chi connectivity index (χ0v) is 22.6. The fourth-order valence-corrected chi connectivity index (χ4v) is 3.74. The van der Waals surface area contributed by atoms with Crippen LogP contribution in [0.25, 0.3) is 0 Å². The second-order valence-electron chi connectivity index (χ2n) is 8.47. The molecule has 3 N–H and O–H groups in total. The number of aryl methyl sites for hydroxylation is 1. The van der Waals surface area contributed by atoms with Gasteiger partial charge in [-0.15, -0.1) is 0 Å². The third kappa shape index (κ3) is 7.86. The van der Waals surface area contributed by atoms with E-state index in [2.05, 4.69) is 37.1 Å². The molecule has 0 aliphatic carbocycles. The summed E-state index contributed by atoms with van der Waals surface area (Å²) in [6.07, 6.45) is 1.39. The molecule has 196 valence electrons. The summed E-state index contributed by atoms with van der Waals surface area (Å²) in [7, 11) is 0. The summed E-state index contributed by atoms with van der Waals surface area (Å²) >= 11 is 3.41. The van der Waals surface area contributed by atoms with Gasteiger partial charge in [0.15, 0.2) is 0 Å². The highest BCUT2D eigenvalue weighted by Crippen LogP contribution is 2.20. The summed E-state index contributed by atoms with van der Waals surface area (Å²) < 4.78 is 6.87. The summed E-state index contributed by atoms with van der Waals surface area (Å²) in [4.78, 5) is 37.7. The molecule has 0 heterocycles. The SMILES string of the molecule is Cc1ccc(NC(=O)c2ccccc2NC(=O)C(=O)N/N=C\c2ccccc2OCc2ccc(Br)cc2)cc1. The second-order valence-corrected chi connectivity index (χ2v) is 9.39. The van der Waals surface area contributed by atoms with Crippen molar-refractivity contribution in [2.75, 3.05) is 10.6 Å². The van der Waals surface area contributed by atoms with Crippen molar-refractivity contribution < 1.29 is 19.1 Å². The number of nitrogens with zero attached hydrogens (tertiary/aromatic N) is 1. The van der Waals surface area contributed by atoms with Gasteiger partial charge in [-0.2, -0.15) is 5.10 Å². The van der Waals surface area contributed by atoms with Gasteiger partial charge >= 0.3 is 11.8 Å². The van der Waals surface area contributed by atoms with Gasteiger partial charge in [-0.25, -0.2) is 5.43 Å². The number of carbonyl (C=O) groups is 3. The van der Waals surface area contributed by atoms with Crippen LogP contribution in [0.1, 0.15) is 27.0 Å². The van der Waals surface area contributed by atoms with E-state index in [9.17, 15) is 14.4 Å². The van der Waals surface area contributed by atoms with E-state index < -0.39 is 17.7 Å². The first-order chi connectivity index (χ1) is 18.9. The number of hydrazone groups is 1. The zero-order chi connectivity index (χ0) is 27.6. The van der Waals surface area contributed by atoms with Crippen LogP contribution in [0.15, 0.2) is 107 Å². The molecule has 4 aromatic carbocycles. The smallest absolute Gasteiger partial charge is 0.329 e. The normalized spacial score (nSPS) is 10.6. The number of amides is 3. The van der Waals surface area contributed by atoms with E-state index in [0.717, 1.165) is 15.6 Å². The third-order valence-corrected chi connectivity index (χ3v) is 6.06. The molecule has 8 nitrogen and oxygen atoms in total. The summed E-state index contributed by atoms with van der Waals surface area (Å²) in [6.45, 7) is 2.30. The first-order valence-corrected chi connectivity index (χ1v) is 12.8. The average molecular weight is 585 g/mol. The Morgan fingerprint density at radius 2 is 1.51 bits per heavy atom. The van der Waals surface area contributed by atoms with Crippen molar-refractivity contribution in [3.05, 3.63) is 124 Å². The topological polar surface area (TPSA) is 109 Å². The Labute approximate surface area is 234 Å². The van der Waals surface area contributed by atoms with E-state index in [1.165, 1.54) is 12.3 Å². The van der Waals surface area contributed by atoms with Gasteiger partial charge in [0.2, 0.25) is 0 Å². The van der Waals surface area contributed by atoms with Crippen LogP contribution in [0.4, 0.5) is 11.4 Å². The molecular formula is C30H25BrN4O4. The Kier molecular flexibility index (Phi) is 9.20. The zero-order valence-electron chi connectivity index (χ0n) is 21.0. The maximum Gasteiger partial charge on any atom is 0.329 e. The van der Waals surface area contributed by atoms with E-state index >= 15 is 0 Å². The fraction of sp³-hybridized carbons (Fsp3) is 0.0667. The minimum absolute atomic E-state index is 0.193. The molecule has 0 bridgehead atoms. The maximum atomic E-state index is 12.8. The summed E-state index contributed by atoms with van der Waals surface area (Å²) in [5, 5.41) is 9.16. The lowest BCUT2D eigenvalue weighted by Crippen LogP contribution is -2.33. The molecular weight excluding hydrogens is 560 g/mol. The van der Waals surface area contributed by atoms with Gasteiger partial charge in [0.25, 0.3) is 5.91 Å². The van der Waals surface area contributed by atoms with Crippen LogP contribution in [0.5, 0.6) is 5.75 Å². The van der Waals surface area contributed by atoms with E-state index in [-0.39, 0.29) is 11.3 Å². The van der Waals surface area contributed by atoms with Gasteiger partial charge in [-0.05, 0) is 61.0 Å². The minimum Gasteiger partial charge on any atom is -0.488 e. The molecule has 0 saturated heterocycles. The van der Waals surface area contributed by atoms with Crippen LogP contribution in [-0.4, -0.2) is 23.9 Å². The van der Waals surface area contributed by atoms with Crippen molar-refractivity contribution >= 4 is 51.2 Å². The molecule has 0 spiro atoms. The monoisotopic (exact) mass is 584 g/mol. The molecule has 0 fully saturated rings. The number of hydrogen-bond acceptors (Lipinski definition) is 5. The number of ether oxygens (including phenoxy) is 1. The standard InChI is InChI=1S/C30H25BrN4O4/c1-20-10-16-24(17-11-20)33-28(36)25-7-3-4-8-26(25)34-29(37)30(38)35-32-18-22-6-2-5-9-27(22)39-19-21-12-14-23(31)15-13-21/h2-18H,19H2,1H3,(H,33,36)(H,34,37)(H,35,38)/b32-18-. The predicted octanol–water partition coefficient (Wildman–Crippen LogP) is 5.68. The van der Waals surface area contributed by atoms with Crippen LogP contribution in [-0.2, 0) is 16.2 Å². The van der Waals surface area contributed by atoms with Gasteiger partial charge < -0.3 is 15.4 Å². The molecule has 0 aliphatic rings. The van der Waals surface area contributed by atoms with Gasteiger partial charge in [0.05, 0.1) is 17.5 Å². The molecule has 0 radical (unpaired) electrons. The first kappa shape index (κ1) is 27.3. The van der Waals surface area contributed by atoms with Crippen LogP contribution < -0.4 is 20.8 Å². The highest BCUT2D eigenvalue weighted by Gasteiger charge is 2.18. The molecule has 0 aromatic heterocycles. The highest BCUT2D eigenvalue weighted by atomic mass is 79.9. The van der Waals surface area contributed by atoms with Gasteiger partial charge in [0, 0.05) is 15.7 Å². The van der Waals surface area contributed by atoms with Crippen molar-refractivity contribution in [3.63, 3.8) is 0 Å². The Balaban J connectivity index is 1.35. The number of rotatable bonds is 8. The number of benzene rings is 4. The van der Waals surface area contributed by atoms with Gasteiger partial charge in [-0.1, -0.05) is 70.0 Å². The largest absolute Gasteiger partial charge is 0.488 e. The first-order valence-electron chi connectivity index (χ1n) is 12.0. The lowest BCUT2D eigenvalue weighted by Gasteiger charge is -2.11. The van der Waals surface area contributed by atoms with Crippen molar-refractivity contribution in [2.24, 2.45) is 5.10 Å². The van der Waals surface area contributed by atoms with Crippen LogP contribution in [0.3, 0.4) is 0 Å². The van der Waals surface area contributed by atoms with Crippen molar-refractivity contribution in [2.45, 2.75) is 13.5 Å². The van der Waals surface area contributed by atoms with E-state index in [1.807, 2.05) is 49.4 Å². The van der Waals surface area contributed by atoms with Crippen molar-refractivity contribution in [1.82, 2.24) is 5.43 Å². The van der Waals surface area contributed by atoms with E-state index in [1.54, 1.807) is 48.5 Å². The Morgan fingerprint density at radius 1 is 0.821 bits per heavy atom. The molecule has 4 rings (SSSR count). The van der Waals surface area contributed by atoms with Crippen LogP contribution >= 0.6 is 15.9 Å². The summed E-state index contributed by atoms with van der Waals surface area (Å²) in [5.74, 6) is -1.82. The molecule has 3 amide bonds. The fourth-order valence-electron chi connectivity index (χ4n) is 3.48. The Bertz CT molecular complexity index is 1500. The van der Waals surface area contributed by atoms with Crippen molar-refractivity contribution in [3.8, 4) is 5.75 Å². The lowest BCUT2D eigenvalue weighted by molar-refractivity contribution is -0.136. The molecule has 0 saturated carbocycles. The number of hydrogen-bond donors (Lipinski definition) is 3. The van der Waals surface area contributed by atoms with E-state index in [0.29, 0.717) is 23.6 Å². The van der Waals surface area contributed by atoms with Crippen LogP contribution in [0, 0.1) is 6.92 Å². The van der Waals surface area contributed by atoms with Crippen molar-refractivity contribution in [1.29, 1.82) is 0 Å². The average Bonchev–Trinajstić information content (AvgIpc) is 2.94. The lowest BCUT2D eigenvalue weighted by atomic mass is 10.1. The van der Waals surface area contributed by atoms with Crippen LogP contribution in [0.2, 0.25) is 0 Å². The minimum atomic E-state index is -0.992. The summed E-state index contributed by atoms with van der Waals surface area (Å²) in [6, 6.07) is 28.7. The predicted molar refractivity (Wildman–Crippen MR) is 155 cm³/mol. The highest BCUT2D eigenvalue weighted by molar-refractivity contribution is 9.10. The molecule has 4 aromatic rings. The van der Waals surface area contributed by atoms with Gasteiger partial charge in [0.1, 0.15) is 12.4 Å².